The molecule has 7 heteroatoms. The first-order chi connectivity index (χ1) is 29.4. The molecule has 4 nitrogen and oxygen atoms in total. The molecule has 284 valence electrons. The van der Waals surface area contributed by atoms with Crippen LogP contribution < -0.4 is 0 Å². The van der Waals surface area contributed by atoms with Crippen LogP contribution in [0.1, 0.15) is 5.56 Å². The van der Waals surface area contributed by atoms with E-state index in [1.807, 2.05) is 24.3 Å². The molecule has 3 heterocycles. The largest absolute Gasteiger partial charge is 0.416 e. The number of alkyl halides is 3. The predicted octanol–water partition coefficient (Wildman–Crippen LogP) is 14.5. The molecule has 0 amide bonds. The van der Waals surface area contributed by atoms with Gasteiger partial charge >= 0.3 is 6.18 Å². The maximum absolute atomic E-state index is 13.8. The van der Waals surface area contributed by atoms with Gasteiger partial charge in [0.05, 0.1) is 38.8 Å². The van der Waals surface area contributed by atoms with Gasteiger partial charge in [-0.15, -0.1) is 0 Å². The van der Waals surface area contributed by atoms with Crippen molar-refractivity contribution in [2.45, 2.75) is 6.18 Å². The van der Waals surface area contributed by atoms with Crippen LogP contribution in [0.15, 0.2) is 188 Å². The zero-order valence-electron chi connectivity index (χ0n) is 31.8. The number of hydrogen-bond acceptors (Lipinski definition) is 2. The van der Waals surface area contributed by atoms with E-state index in [-0.39, 0.29) is 0 Å². The van der Waals surface area contributed by atoms with Crippen molar-refractivity contribution < 1.29 is 13.2 Å². The molecule has 3 aromatic heterocycles. The molecule has 0 aliphatic heterocycles. The van der Waals surface area contributed by atoms with Crippen molar-refractivity contribution >= 4 is 76.1 Å². The molecule has 0 aliphatic rings. The van der Waals surface area contributed by atoms with Crippen LogP contribution in [0.25, 0.3) is 110 Å². The lowest BCUT2D eigenvalue weighted by molar-refractivity contribution is -0.137. The van der Waals surface area contributed by atoms with Crippen LogP contribution in [-0.2, 0) is 6.18 Å². The van der Waals surface area contributed by atoms with E-state index in [2.05, 4.69) is 149 Å². The fourth-order valence-electron chi connectivity index (χ4n) is 9.15. The van der Waals surface area contributed by atoms with Gasteiger partial charge in [-0.3, -0.25) is 0 Å². The molecule has 0 saturated carbocycles. The van der Waals surface area contributed by atoms with Gasteiger partial charge in [-0.25, -0.2) is 9.97 Å². The van der Waals surface area contributed by atoms with Gasteiger partial charge in [0, 0.05) is 54.8 Å². The lowest BCUT2D eigenvalue weighted by atomic mass is 10.00. The SMILES string of the molecule is FC(F)(F)c1ccc2ccc(-c3nc(-c4cccc(-n5c6ccccc6c6cc(-n7c8ccccc8c8ccccc87)ccc65)c4)c4ccc5ccccc5c4n3)cc2c1. The van der Waals surface area contributed by atoms with E-state index in [9.17, 15) is 13.2 Å². The highest BCUT2D eigenvalue weighted by molar-refractivity contribution is 6.13. The Labute approximate surface area is 341 Å². The topological polar surface area (TPSA) is 35.6 Å². The number of aromatic nitrogens is 4. The molecule has 12 rings (SSSR count). The van der Waals surface area contributed by atoms with Crippen LogP contribution in [0.2, 0.25) is 0 Å². The van der Waals surface area contributed by atoms with Gasteiger partial charge in [-0.1, -0.05) is 115 Å². The average molecular weight is 781 g/mol. The number of halogens is 3. The van der Waals surface area contributed by atoms with Crippen molar-refractivity contribution in [2.24, 2.45) is 0 Å². The molecule has 9 aromatic carbocycles. The molecule has 0 radical (unpaired) electrons. The van der Waals surface area contributed by atoms with Crippen LogP contribution in [-0.4, -0.2) is 19.1 Å². The summed E-state index contributed by atoms with van der Waals surface area (Å²) in [6.45, 7) is 0. The van der Waals surface area contributed by atoms with E-state index in [1.54, 1.807) is 6.07 Å². The Bertz CT molecular complexity index is 3670. The van der Waals surface area contributed by atoms with Crippen molar-refractivity contribution in [1.29, 1.82) is 0 Å². The third kappa shape index (κ3) is 5.25. The van der Waals surface area contributed by atoms with Gasteiger partial charge in [-0.05, 0) is 89.0 Å². The highest BCUT2D eigenvalue weighted by Crippen LogP contribution is 2.40. The molecule has 0 unspecified atom stereocenters. The Morgan fingerprint density at radius 1 is 0.367 bits per heavy atom. The van der Waals surface area contributed by atoms with E-state index in [0.717, 1.165) is 83.2 Å². The molecule has 0 spiro atoms. The zero-order valence-corrected chi connectivity index (χ0v) is 31.8. The van der Waals surface area contributed by atoms with Crippen molar-refractivity contribution in [3.63, 3.8) is 0 Å². The van der Waals surface area contributed by atoms with Gasteiger partial charge in [0.25, 0.3) is 0 Å². The summed E-state index contributed by atoms with van der Waals surface area (Å²) < 4.78 is 45.9. The number of para-hydroxylation sites is 3. The molecule has 12 aromatic rings. The Morgan fingerprint density at radius 3 is 1.68 bits per heavy atom. The first-order valence-corrected chi connectivity index (χ1v) is 19.8. The maximum Gasteiger partial charge on any atom is 0.416 e. The molecule has 0 bridgehead atoms. The normalized spacial score (nSPS) is 12.2. The van der Waals surface area contributed by atoms with Gasteiger partial charge in [0.1, 0.15) is 0 Å². The van der Waals surface area contributed by atoms with Gasteiger partial charge < -0.3 is 9.13 Å². The summed E-state index contributed by atoms with van der Waals surface area (Å²) in [4.78, 5) is 10.3. The van der Waals surface area contributed by atoms with Crippen LogP contribution in [0.3, 0.4) is 0 Å². The van der Waals surface area contributed by atoms with Crippen molar-refractivity contribution in [1.82, 2.24) is 19.1 Å². The number of rotatable bonds is 4. The van der Waals surface area contributed by atoms with Crippen LogP contribution >= 0.6 is 0 Å². The molecule has 0 atom stereocenters. The van der Waals surface area contributed by atoms with Crippen molar-refractivity contribution in [2.75, 3.05) is 0 Å². The van der Waals surface area contributed by atoms with Gasteiger partial charge in [0.2, 0.25) is 0 Å². The molecular weight excluding hydrogens is 750 g/mol. The fraction of sp³-hybridized carbons (Fsp3) is 0.0189. The summed E-state index contributed by atoms with van der Waals surface area (Å²) >= 11 is 0. The monoisotopic (exact) mass is 780 g/mol. The Hall–Kier alpha value is -7.77. The smallest absolute Gasteiger partial charge is 0.309 e. The third-order valence-corrected chi connectivity index (χ3v) is 11.9. The van der Waals surface area contributed by atoms with Crippen LogP contribution in [0, 0.1) is 0 Å². The molecule has 0 fully saturated rings. The van der Waals surface area contributed by atoms with E-state index < -0.39 is 11.7 Å². The Kier molecular flexibility index (Phi) is 7.35. The second-order valence-corrected chi connectivity index (χ2v) is 15.3. The standard InChI is InChI=1S/C53H31F3N4/c54-53(55,56)37-24-22-32-20-21-35(28-36(32)29-37)52-57-50(44-26-23-33-10-1-2-13-40(33)51(44)58-52)34-11-9-12-38(30-34)59-48-19-8-5-16-43(48)45-31-39(25-27-49(45)59)60-46-17-6-3-14-41(46)42-15-4-7-18-47(42)60/h1-31H. The summed E-state index contributed by atoms with van der Waals surface area (Å²) in [5.74, 6) is 0.438. The van der Waals surface area contributed by atoms with E-state index in [0.29, 0.717) is 22.2 Å². The van der Waals surface area contributed by atoms with Gasteiger partial charge in [-0.2, -0.15) is 13.2 Å². The minimum Gasteiger partial charge on any atom is -0.309 e. The van der Waals surface area contributed by atoms with E-state index >= 15 is 0 Å². The summed E-state index contributed by atoms with van der Waals surface area (Å²) in [5.41, 5.74) is 8.89. The highest BCUT2D eigenvalue weighted by atomic mass is 19.4. The van der Waals surface area contributed by atoms with Crippen LogP contribution in [0.4, 0.5) is 13.2 Å². The number of hydrogen-bond donors (Lipinski definition) is 0. The number of fused-ring (bicyclic) bond motifs is 10. The molecule has 0 aliphatic carbocycles. The lowest BCUT2D eigenvalue weighted by Gasteiger charge is -2.14. The zero-order chi connectivity index (χ0) is 40.1. The van der Waals surface area contributed by atoms with Crippen molar-refractivity contribution in [3.05, 3.63) is 194 Å². The Balaban J connectivity index is 1.06. The average Bonchev–Trinajstić information content (AvgIpc) is 3.80. The first-order valence-electron chi connectivity index (χ1n) is 19.8. The number of benzene rings is 9. The minimum atomic E-state index is -4.45. The summed E-state index contributed by atoms with van der Waals surface area (Å²) in [5, 5.41) is 8.79. The fourth-order valence-corrected chi connectivity index (χ4v) is 9.15. The van der Waals surface area contributed by atoms with E-state index in [4.69, 9.17) is 9.97 Å². The predicted molar refractivity (Wildman–Crippen MR) is 239 cm³/mol. The maximum atomic E-state index is 13.8. The van der Waals surface area contributed by atoms with E-state index in [1.165, 1.54) is 22.9 Å². The summed E-state index contributed by atoms with van der Waals surface area (Å²) in [6.07, 6.45) is -4.45. The van der Waals surface area contributed by atoms with Gasteiger partial charge in [0.15, 0.2) is 5.82 Å². The quantitative estimate of drug-likeness (QED) is 0.167. The highest BCUT2D eigenvalue weighted by Gasteiger charge is 2.30. The lowest BCUT2D eigenvalue weighted by Crippen LogP contribution is -2.04. The number of nitrogens with zero attached hydrogens (tertiary/aromatic N) is 4. The summed E-state index contributed by atoms with van der Waals surface area (Å²) in [7, 11) is 0. The van der Waals surface area contributed by atoms with Crippen molar-refractivity contribution in [3.8, 4) is 34.0 Å². The summed E-state index contributed by atoms with van der Waals surface area (Å²) in [6, 6.07) is 62.3. The minimum absolute atomic E-state index is 0.438. The molecule has 0 N–H and O–H groups in total. The molecular formula is C53H31F3N4. The van der Waals surface area contributed by atoms with Crippen LogP contribution in [0.5, 0.6) is 0 Å². The molecule has 60 heavy (non-hydrogen) atoms. The third-order valence-electron chi connectivity index (χ3n) is 11.9. The second-order valence-electron chi connectivity index (χ2n) is 15.3. The Morgan fingerprint density at radius 2 is 0.967 bits per heavy atom. The first kappa shape index (κ1) is 34.3. The molecule has 0 saturated heterocycles. The second kappa shape index (κ2) is 12.9.